The number of nitrogens with zero attached hydrogens (tertiary/aromatic N) is 2. The molecule has 0 saturated heterocycles. The largest absolute Gasteiger partial charge is 0.309 e. The standard InChI is InChI=1S/C54H40N2/c1-2-14-35(15-3-1)36-28-30-37(31-29-36)55-51-26-10-8-20-44(51)46-22-12-24-48(53(46)55)49-25-13-23-47-45-21-9-11-27-52(45)56(54(47)49)38-32-33-43-41-18-5-4-16-39(41)40-17-6-7-19-42(40)50(43)34-38/h4-13,16-35H,1-3,14-15H2. The summed E-state index contributed by atoms with van der Waals surface area (Å²) in [5.41, 5.74) is 11.3. The van der Waals surface area contributed by atoms with Gasteiger partial charge in [0.2, 0.25) is 0 Å². The van der Waals surface area contributed by atoms with Crippen molar-refractivity contribution in [2.75, 3.05) is 0 Å². The van der Waals surface area contributed by atoms with E-state index in [1.54, 1.807) is 0 Å². The van der Waals surface area contributed by atoms with Crippen LogP contribution in [0.1, 0.15) is 43.6 Å². The van der Waals surface area contributed by atoms with E-state index in [0.29, 0.717) is 5.92 Å². The fraction of sp³-hybridized carbons (Fsp3) is 0.111. The van der Waals surface area contributed by atoms with Crippen molar-refractivity contribution in [3.63, 3.8) is 0 Å². The predicted octanol–water partition coefficient (Wildman–Crippen LogP) is 15.1. The van der Waals surface area contributed by atoms with Gasteiger partial charge in [-0.1, -0.05) is 159 Å². The minimum atomic E-state index is 0.679. The van der Waals surface area contributed by atoms with Gasteiger partial charge in [0, 0.05) is 44.0 Å². The van der Waals surface area contributed by atoms with Crippen LogP contribution in [-0.4, -0.2) is 9.13 Å². The molecule has 0 unspecified atom stereocenters. The number of rotatable bonds is 4. The molecule has 12 rings (SSSR count). The van der Waals surface area contributed by atoms with Crippen molar-refractivity contribution in [3.05, 3.63) is 181 Å². The molecule has 2 heterocycles. The van der Waals surface area contributed by atoms with E-state index in [1.165, 1.54) is 136 Å². The first-order chi connectivity index (χ1) is 27.8. The monoisotopic (exact) mass is 716 g/mol. The summed E-state index contributed by atoms with van der Waals surface area (Å²) in [5, 5.41) is 12.8. The number of para-hydroxylation sites is 4. The third-order valence-electron chi connectivity index (χ3n) is 12.9. The molecule has 9 aromatic carbocycles. The fourth-order valence-electron chi connectivity index (χ4n) is 10.4. The second-order valence-electron chi connectivity index (χ2n) is 15.9. The van der Waals surface area contributed by atoms with Gasteiger partial charge in [-0.25, -0.2) is 0 Å². The highest BCUT2D eigenvalue weighted by Crippen LogP contribution is 2.44. The van der Waals surface area contributed by atoms with Gasteiger partial charge in [0.05, 0.1) is 22.1 Å². The lowest BCUT2D eigenvalue weighted by atomic mass is 9.84. The number of fused-ring (bicyclic) bond motifs is 12. The van der Waals surface area contributed by atoms with Crippen LogP contribution in [0.15, 0.2) is 176 Å². The zero-order valence-corrected chi connectivity index (χ0v) is 31.3. The SMILES string of the molecule is c1ccc2c(c1)c1ccccc1c1cc(-n3c4ccccc4c4cccc(-c5cccc6c7ccccc7n(-c7ccc(C8CCCCC8)cc7)c56)c43)ccc21. The average molecular weight is 717 g/mol. The van der Waals surface area contributed by atoms with Crippen molar-refractivity contribution in [2.24, 2.45) is 0 Å². The van der Waals surface area contributed by atoms with Crippen LogP contribution in [0.5, 0.6) is 0 Å². The van der Waals surface area contributed by atoms with Crippen molar-refractivity contribution in [3.8, 4) is 22.5 Å². The summed E-state index contributed by atoms with van der Waals surface area (Å²) in [7, 11) is 0. The van der Waals surface area contributed by atoms with Crippen molar-refractivity contribution < 1.29 is 0 Å². The Morgan fingerprint density at radius 2 is 0.750 bits per heavy atom. The number of hydrogen-bond donors (Lipinski definition) is 0. The molecule has 2 heteroatoms. The van der Waals surface area contributed by atoms with Gasteiger partial charge in [0.25, 0.3) is 0 Å². The van der Waals surface area contributed by atoms with E-state index in [1.807, 2.05) is 0 Å². The van der Waals surface area contributed by atoms with Gasteiger partial charge in [-0.05, 0) is 93.0 Å². The van der Waals surface area contributed by atoms with Crippen LogP contribution in [0.25, 0.3) is 98.4 Å². The summed E-state index contributed by atoms with van der Waals surface area (Å²) < 4.78 is 5.04. The fourth-order valence-corrected chi connectivity index (χ4v) is 10.4. The minimum absolute atomic E-state index is 0.679. The lowest BCUT2D eigenvalue weighted by Crippen LogP contribution is -2.04. The highest BCUT2D eigenvalue weighted by atomic mass is 15.0. The van der Waals surface area contributed by atoms with Crippen LogP contribution < -0.4 is 0 Å². The zero-order valence-electron chi connectivity index (χ0n) is 31.3. The Bertz CT molecular complexity index is 3300. The molecule has 1 saturated carbocycles. The van der Waals surface area contributed by atoms with Crippen LogP contribution in [0, 0.1) is 0 Å². The van der Waals surface area contributed by atoms with E-state index in [-0.39, 0.29) is 0 Å². The lowest BCUT2D eigenvalue weighted by Gasteiger charge is -2.22. The molecule has 11 aromatic rings. The molecule has 56 heavy (non-hydrogen) atoms. The average Bonchev–Trinajstić information content (AvgIpc) is 3.80. The van der Waals surface area contributed by atoms with Gasteiger partial charge in [-0.3, -0.25) is 0 Å². The molecule has 1 fully saturated rings. The molecule has 0 radical (unpaired) electrons. The normalized spacial score (nSPS) is 14.0. The highest BCUT2D eigenvalue weighted by Gasteiger charge is 2.22. The van der Waals surface area contributed by atoms with Crippen molar-refractivity contribution in [2.45, 2.75) is 38.0 Å². The van der Waals surface area contributed by atoms with Crippen LogP contribution in [-0.2, 0) is 0 Å². The van der Waals surface area contributed by atoms with E-state index in [0.717, 1.165) is 0 Å². The van der Waals surface area contributed by atoms with Crippen LogP contribution in [0.2, 0.25) is 0 Å². The summed E-state index contributed by atoms with van der Waals surface area (Å²) in [6.45, 7) is 0. The molecule has 1 aliphatic carbocycles. The maximum atomic E-state index is 2.52. The molecule has 2 aromatic heterocycles. The summed E-state index contributed by atoms with van der Waals surface area (Å²) in [5.74, 6) is 0.679. The van der Waals surface area contributed by atoms with Crippen molar-refractivity contribution >= 4 is 75.9 Å². The van der Waals surface area contributed by atoms with Gasteiger partial charge in [0.15, 0.2) is 0 Å². The molecule has 0 amide bonds. The van der Waals surface area contributed by atoms with E-state index in [2.05, 4.69) is 185 Å². The third kappa shape index (κ3) is 4.62. The second-order valence-corrected chi connectivity index (χ2v) is 15.9. The maximum absolute atomic E-state index is 2.52. The Hall–Kier alpha value is -6.64. The van der Waals surface area contributed by atoms with E-state index >= 15 is 0 Å². The second kappa shape index (κ2) is 12.4. The Morgan fingerprint density at radius 1 is 0.321 bits per heavy atom. The van der Waals surface area contributed by atoms with E-state index in [4.69, 9.17) is 0 Å². The molecule has 266 valence electrons. The number of hydrogen-bond acceptors (Lipinski definition) is 0. The molecule has 0 atom stereocenters. The number of aromatic nitrogens is 2. The van der Waals surface area contributed by atoms with Crippen LogP contribution in [0.3, 0.4) is 0 Å². The predicted molar refractivity (Wildman–Crippen MR) is 239 cm³/mol. The third-order valence-corrected chi connectivity index (χ3v) is 12.9. The zero-order chi connectivity index (χ0) is 36.7. The molecule has 0 bridgehead atoms. The Kier molecular flexibility index (Phi) is 7.04. The highest BCUT2D eigenvalue weighted by molar-refractivity contribution is 6.26. The Labute approximate surface area is 325 Å². The topological polar surface area (TPSA) is 9.86 Å². The van der Waals surface area contributed by atoms with E-state index in [9.17, 15) is 0 Å². The minimum Gasteiger partial charge on any atom is -0.309 e. The molecular weight excluding hydrogens is 677 g/mol. The molecule has 0 aliphatic heterocycles. The Morgan fingerprint density at radius 3 is 1.30 bits per heavy atom. The molecule has 1 aliphatic rings. The number of benzene rings is 9. The quantitative estimate of drug-likeness (QED) is 0.161. The van der Waals surface area contributed by atoms with Gasteiger partial charge in [-0.2, -0.15) is 0 Å². The summed E-state index contributed by atoms with van der Waals surface area (Å²) >= 11 is 0. The van der Waals surface area contributed by atoms with Gasteiger partial charge in [0.1, 0.15) is 0 Å². The first-order valence-electron chi connectivity index (χ1n) is 20.3. The smallest absolute Gasteiger partial charge is 0.0620 e. The van der Waals surface area contributed by atoms with Crippen molar-refractivity contribution in [1.82, 2.24) is 9.13 Å². The van der Waals surface area contributed by atoms with E-state index < -0.39 is 0 Å². The molecule has 0 N–H and O–H groups in total. The lowest BCUT2D eigenvalue weighted by molar-refractivity contribution is 0.443. The first-order valence-corrected chi connectivity index (χ1v) is 20.3. The first kappa shape index (κ1) is 31.7. The molecule has 2 nitrogen and oxygen atoms in total. The van der Waals surface area contributed by atoms with Crippen LogP contribution in [0.4, 0.5) is 0 Å². The van der Waals surface area contributed by atoms with Gasteiger partial charge < -0.3 is 9.13 Å². The molecular formula is C54H40N2. The Balaban J connectivity index is 1.15. The maximum Gasteiger partial charge on any atom is 0.0620 e. The van der Waals surface area contributed by atoms with Crippen LogP contribution >= 0.6 is 0 Å². The van der Waals surface area contributed by atoms with Gasteiger partial charge >= 0.3 is 0 Å². The van der Waals surface area contributed by atoms with Gasteiger partial charge in [-0.15, -0.1) is 0 Å². The van der Waals surface area contributed by atoms with Crippen molar-refractivity contribution in [1.29, 1.82) is 0 Å². The summed E-state index contributed by atoms with van der Waals surface area (Å²) in [4.78, 5) is 0. The summed E-state index contributed by atoms with van der Waals surface area (Å²) in [6, 6.07) is 66.0. The molecule has 0 spiro atoms. The summed E-state index contributed by atoms with van der Waals surface area (Å²) in [6.07, 6.45) is 6.68.